The summed E-state index contributed by atoms with van der Waals surface area (Å²) in [6.07, 6.45) is 2.98. The summed E-state index contributed by atoms with van der Waals surface area (Å²) in [6.45, 7) is 5.22. The molecule has 0 aliphatic rings. The van der Waals surface area contributed by atoms with E-state index in [1.165, 1.54) is 11.1 Å². The highest BCUT2D eigenvalue weighted by molar-refractivity contribution is 5.26. The first kappa shape index (κ1) is 14.7. The Labute approximate surface area is 121 Å². The zero-order valence-electron chi connectivity index (χ0n) is 12.6. The third-order valence-electron chi connectivity index (χ3n) is 3.53. The minimum atomic E-state index is 0.805. The number of hydrogen-bond donors (Lipinski definition) is 1. The minimum Gasteiger partial charge on any atom is -0.320 e. The largest absolute Gasteiger partial charge is 0.320 e. The molecule has 20 heavy (non-hydrogen) atoms. The molecule has 0 bridgehead atoms. The van der Waals surface area contributed by atoms with Crippen LogP contribution in [0.1, 0.15) is 34.8 Å². The number of nitrogens with one attached hydrogen (secondary N) is 1. The van der Waals surface area contributed by atoms with Gasteiger partial charge in [0.25, 0.3) is 0 Å². The van der Waals surface area contributed by atoms with Gasteiger partial charge in [0.15, 0.2) is 0 Å². The van der Waals surface area contributed by atoms with Crippen LogP contribution in [-0.2, 0) is 12.8 Å². The quantitative estimate of drug-likeness (QED) is 0.819. The van der Waals surface area contributed by atoms with Gasteiger partial charge >= 0.3 is 0 Å². The van der Waals surface area contributed by atoms with E-state index in [2.05, 4.69) is 53.4 Å². The summed E-state index contributed by atoms with van der Waals surface area (Å²) >= 11 is 0. The highest BCUT2D eigenvalue weighted by Gasteiger charge is 2.08. The number of aryl methyl sites for hydroxylation is 2. The number of benzene rings is 1. The van der Waals surface area contributed by atoms with E-state index >= 15 is 0 Å². The van der Waals surface area contributed by atoms with Crippen LogP contribution in [0.3, 0.4) is 0 Å². The van der Waals surface area contributed by atoms with Crippen molar-refractivity contribution in [1.29, 1.82) is 0 Å². The van der Waals surface area contributed by atoms with E-state index in [-0.39, 0.29) is 0 Å². The normalized spacial score (nSPS) is 10.8. The zero-order chi connectivity index (χ0) is 14.4. The Morgan fingerprint density at radius 1 is 1.00 bits per heavy atom. The number of hydrogen-bond acceptors (Lipinski definition) is 3. The van der Waals surface area contributed by atoms with Crippen molar-refractivity contribution in [1.82, 2.24) is 15.3 Å². The predicted molar refractivity (Wildman–Crippen MR) is 83.0 cm³/mol. The van der Waals surface area contributed by atoms with Crippen LogP contribution < -0.4 is 5.32 Å². The van der Waals surface area contributed by atoms with Crippen LogP contribution >= 0.6 is 0 Å². The van der Waals surface area contributed by atoms with Crippen molar-refractivity contribution in [3.05, 3.63) is 58.7 Å². The van der Waals surface area contributed by atoms with Gasteiger partial charge in [-0.1, -0.05) is 30.3 Å². The summed E-state index contributed by atoms with van der Waals surface area (Å²) in [5.74, 6) is 0.920. The van der Waals surface area contributed by atoms with Crippen LogP contribution in [0.2, 0.25) is 0 Å². The number of aromatic nitrogens is 2. The molecule has 0 radical (unpaired) electrons. The fourth-order valence-corrected chi connectivity index (χ4v) is 2.47. The van der Waals surface area contributed by atoms with E-state index in [9.17, 15) is 0 Å². The van der Waals surface area contributed by atoms with Crippen LogP contribution in [0.4, 0.5) is 0 Å². The Hall–Kier alpha value is -1.74. The third kappa shape index (κ3) is 3.87. The molecule has 0 saturated heterocycles. The molecule has 0 spiro atoms. The minimum absolute atomic E-state index is 0.805. The summed E-state index contributed by atoms with van der Waals surface area (Å²) in [5, 5.41) is 3.18. The molecule has 0 fully saturated rings. The first-order chi connectivity index (χ1) is 9.70. The highest BCUT2D eigenvalue weighted by Crippen LogP contribution is 2.14. The van der Waals surface area contributed by atoms with Gasteiger partial charge in [-0.2, -0.15) is 0 Å². The lowest BCUT2D eigenvalue weighted by Crippen LogP contribution is -2.11. The molecule has 0 amide bonds. The molecule has 0 atom stereocenters. The van der Waals surface area contributed by atoms with Gasteiger partial charge < -0.3 is 5.32 Å². The van der Waals surface area contributed by atoms with Gasteiger partial charge in [0.2, 0.25) is 0 Å². The lowest BCUT2D eigenvalue weighted by molar-refractivity contribution is 0.712. The first-order valence-electron chi connectivity index (χ1n) is 7.22. The van der Waals surface area contributed by atoms with Crippen molar-refractivity contribution in [3.63, 3.8) is 0 Å². The summed E-state index contributed by atoms with van der Waals surface area (Å²) in [4.78, 5) is 9.35. The lowest BCUT2D eigenvalue weighted by Gasteiger charge is -2.11. The van der Waals surface area contributed by atoms with Gasteiger partial charge in [0, 0.05) is 17.8 Å². The molecule has 0 aliphatic heterocycles. The van der Waals surface area contributed by atoms with E-state index in [1.54, 1.807) is 0 Å². The van der Waals surface area contributed by atoms with Crippen molar-refractivity contribution in [2.75, 3.05) is 13.6 Å². The van der Waals surface area contributed by atoms with Crippen LogP contribution in [0, 0.1) is 13.8 Å². The fraction of sp³-hybridized carbons (Fsp3) is 0.412. The molecular weight excluding hydrogens is 246 g/mol. The van der Waals surface area contributed by atoms with Crippen molar-refractivity contribution in [2.45, 2.75) is 33.1 Å². The average molecular weight is 269 g/mol. The molecule has 3 heteroatoms. The van der Waals surface area contributed by atoms with Gasteiger partial charge in [-0.3, -0.25) is 0 Å². The molecule has 0 unspecified atom stereocenters. The van der Waals surface area contributed by atoms with E-state index in [0.717, 1.165) is 43.0 Å². The number of nitrogens with zero attached hydrogens (tertiary/aromatic N) is 2. The van der Waals surface area contributed by atoms with Crippen LogP contribution in [-0.4, -0.2) is 23.6 Å². The second kappa shape index (κ2) is 7.15. The Balaban J connectivity index is 2.13. The zero-order valence-corrected chi connectivity index (χ0v) is 12.6. The maximum atomic E-state index is 4.68. The molecule has 3 nitrogen and oxygen atoms in total. The standard InChI is InChI=1S/C17H23N3/c1-13-16(10-7-11-18-3)14(2)20-17(19-13)12-15-8-5-4-6-9-15/h4-6,8-9,18H,7,10-12H2,1-3H3. The van der Waals surface area contributed by atoms with Crippen LogP contribution in [0.25, 0.3) is 0 Å². The Morgan fingerprint density at radius 3 is 2.25 bits per heavy atom. The van der Waals surface area contributed by atoms with E-state index in [4.69, 9.17) is 0 Å². The summed E-state index contributed by atoms with van der Waals surface area (Å²) < 4.78 is 0. The van der Waals surface area contributed by atoms with Crippen LogP contribution in [0.5, 0.6) is 0 Å². The summed E-state index contributed by atoms with van der Waals surface area (Å²) in [5.41, 5.74) is 4.81. The molecular formula is C17H23N3. The first-order valence-corrected chi connectivity index (χ1v) is 7.22. The second-order valence-corrected chi connectivity index (χ2v) is 5.16. The predicted octanol–water partition coefficient (Wildman–Crippen LogP) is 2.84. The van der Waals surface area contributed by atoms with Gasteiger partial charge in [-0.25, -0.2) is 9.97 Å². The smallest absolute Gasteiger partial charge is 0.133 e. The molecule has 1 aromatic carbocycles. The van der Waals surface area contributed by atoms with E-state index in [0.29, 0.717) is 0 Å². The lowest BCUT2D eigenvalue weighted by atomic mass is 10.1. The molecule has 0 saturated carbocycles. The molecule has 2 aromatic rings. The topological polar surface area (TPSA) is 37.8 Å². The summed E-state index contributed by atoms with van der Waals surface area (Å²) in [6, 6.07) is 10.4. The van der Waals surface area contributed by atoms with Crippen LogP contribution in [0.15, 0.2) is 30.3 Å². The molecule has 1 N–H and O–H groups in total. The Morgan fingerprint density at radius 2 is 1.65 bits per heavy atom. The SMILES string of the molecule is CNCCCc1c(C)nc(Cc2ccccc2)nc1C. The molecule has 0 aliphatic carbocycles. The highest BCUT2D eigenvalue weighted by atomic mass is 14.9. The van der Waals surface area contributed by atoms with E-state index in [1.807, 2.05) is 13.1 Å². The average Bonchev–Trinajstić information content (AvgIpc) is 2.43. The molecule has 2 rings (SSSR count). The van der Waals surface area contributed by atoms with Gasteiger partial charge in [0.05, 0.1) is 0 Å². The Bertz CT molecular complexity index is 526. The maximum Gasteiger partial charge on any atom is 0.133 e. The van der Waals surface area contributed by atoms with Gasteiger partial charge in [-0.05, 0) is 51.4 Å². The third-order valence-corrected chi connectivity index (χ3v) is 3.53. The van der Waals surface area contributed by atoms with E-state index < -0.39 is 0 Å². The van der Waals surface area contributed by atoms with Gasteiger partial charge in [0.1, 0.15) is 5.82 Å². The fourth-order valence-electron chi connectivity index (χ4n) is 2.47. The molecule has 1 heterocycles. The van der Waals surface area contributed by atoms with Crippen molar-refractivity contribution in [3.8, 4) is 0 Å². The van der Waals surface area contributed by atoms with Gasteiger partial charge in [-0.15, -0.1) is 0 Å². The molecule has 1 aromatic heterocycles. The van der Waals surface area contributed by atoms with Crippen molar-refractivity contribution in [2.24, 2.45) is 0 Å². The van der Waals surface area contributed by atoms with Crippen molar-refractivity contribution < 1.29 is 0 Å². The number of rotatable bonds is 6. The maximum absolute atomic E-state index is 4.68. The summed E-state index contributed by atoms with van der Waals surface area (Å²) in [7, 11) is 1.99. The second-order valence-electron chi connectivity index (χ2n) is 5.16. The molecule has 106 valence electrons. The van der Waals surface area contributed by atoms with Crippen molar-refractivity contribution >= 4 is 0 Å². The monoisotopic (exact) mass is 269 g/mol. The Kier molecular flexibility index (Phi) is 5.24.